The van der Waals surface area contributed by atoms with Crippen LogP contribution in [-0.4, -0.2) is 67.6 Å². The fourth-order valence-corrected chi connectivity index (χ4v) is 3.92. The van der Waals surface area contributed by atoms with Crippen LogP contribution in [0.1, 0.15) is 26.7 Å². The van der Waals surface area contributed by atoms with Crippen LogP contribution in [0, 0.1) is 0 Å². The Kier molecular flexibility index (Phi) is 6.22. The van der Waals surface area contributed by atoms with Gasteiger partial charge >= 0.3 is 5.97 Å². The van der Waals surface area contributed by atoms with Crippen molar-refractivity contribution in [2.45, 2.75) is 38.8 Å². The van der Waals surface area contributed by atoms with E-state index in [9.17, 15) is 13.2 Å². The van der Waals surface area contributed by atoms with E-state index in [1.807, 2.05) is 13.8 Å². The molecule has 2 atom stereocenters. The lowest BCUT2D eigenvalue weighted by Crippen LogP contribution is -2.49. The maximum atomic E-state index is 11.5. The molecular formula is C12H24N2O4S. The van der Waals surface area contributed by atoms with Crippen molar-refractivity contribution in [1.29, 1.82) is 0 Å². The molecule has 2 N–H and O–H groups in total. The zero-order valence-electron chi connectivity index (χ0n) is 11.6. The largest absolute Gasteiger partial charge is 0.480 e. The van der Waals surface area contributed by atoms with E-state index < -0.39 is 21.8 Å². The van der Waals surface area contributed by atoms with E-state index in [0.717, 1.165) is 6.42 Å². The maximum Gasteiger partial charge on any atom is 0.320 e. The third-order valence-corrected chi connectivity index (χ3v) is 5.25. The van der Waals surface area contributed by atoms with E-state index in [1.165, 1.54) is 0 Å². The van der Waals surface area contributed by atoms with E-state index in [1.54, 1.807) is 0 Å². The van der Waals surface area contributed by atoms with Gasteiger partial charge in [0.05, 0.1) is 11.5 Å². The first kappa shape index (κ1) is 16.4. The molecule has 1 rings (SSSR count). The molecule has 0 aromatic rings. The van der Waals surface area contributed by atoms with Crippen molar-refractivity contribution in [2.24, 2.45) is 0 Å². The summed E-state index contributed by atoms with van der Waals surface area (Å²) < 4.78 is 22.9. The molecule has 1 fully saturated rings. The number of carboxylic acid groups (broad SMARTS) is 1. The van der Waals surface area contributed by atoms with Gasteiger partial charge in [0.15, 0.2) is 9.84 Å². The number of carboxylic acids is 1. The fraction of sp³-hybridized carbons (Fsp3) is 0.917. The van der Waals surface area contributed by atoms with Crippen LogP contribution < -0.4 is 5.32 Å². The summed E-state index contributed by atoms with van der Waals surface area (Å²) in [7, 11) is -2.91. The van der Waals surface area contributed by atoms with Crippen LogP contribution in [0.3, 0.4) is 0 Å². The zero-order chi connectivity index (χ0) is 14.5. The van der Waals surface area contributed by atoms with E-state index >= 15 is 0 Å². The molecule has 7 heteroatoms. The average molecular weight is 292 g/mol. The number of nitrogens with zero attached hydrogens (tertiary/aromatic N) is 1. The molecule has 1 saturated heterocycles. The standard InChI is InChI=1S/C12H24N2O4S/c1-3-5-13-11(12(15)16)4-6-14-7-8-19(17,18)9-10(14)2/h10-11,13H,3-9H2,1-2H3,(H,15,16). The molecule has 0 aromatic carbocycles. The van der Waals surface area contributed by atoms with Gasteiger partial charge in [-0.1, -0.05) is 6.92 Å². The minimum atomic E-state index is -2.91. The van der Waals surface area contributed by atoms with Gasteiger partial charge in [0.2, 0.25) is 0 Å². The summed E-state index contributed by atoms with van der Waals surface area (Å²) in [6, 6.07) is -0.579. The Labute approximate surface area is 115 Å². The van der Waals surface area contributed by atoms with Gasteiger partial charge in [-0.2, -0.15) is 0 Å². The minimum Gasteiger partial charge on any atom is -0.480 e. The second kappa shape index (κ2) is 7.21. The monoisotopic (exact) mass is 292 g/mol. The summed E-state index contributed by atoms with van der Waals surface area (Å²) in [5, 5.41) is 12.1. The van der Waals surface area contributed by atoms with Crippen molar-refractivity contribution in [3.05, 3.63) is 0 Å². The number of carbonyl (C=O) groups is 1. The number of aliphatic carboxylic acids is 1. The molecule has 19 heavy (non-hydrogen) atoms. The van der Waals surface area contributed by atoms with Crippen LogP contribution in [0.4, 0.5) is 0 Å². The van der Waals surface area contributed by atoms with Gasteiger partial charge in [0.1, 0.15) is 6.04 Å². The molecule has 0 aromatic heterocycles. The van der Waals surface area contributed by atoms with Crippen molar-refractivity contribution >= 4 is 15.8 Å². The van der Waals surface area contributed by atoms with Crippen LogP contribution in [0.5, 0.6) is 0 Å². The number of hydrogen-bond acceptors (Lipinski definition) is 5. The lowest BCUT2D eigenvalue weighted by molar-refractivity contribution is -0.139. The molecule has 1 aliphatic rings. The van der Waals surface area contributed by atoms with Crippen LogP contribution in [0.2, 0.25) is 0 Å². The topological polar surface area (TPSA) is 86.7 Å². The number of nitrogens with one attached hydrogen (secondary N) is 1. The molecule has 2 unspecified atom stereocenters. The van der Waals surface area contributed by atoms with Crippen molar-refractivity contribution in [1.82, 2.24) is 10.2 Å². The highest BCUT2D eigenvalue weighted by Gasteiger charge is 2.28. The van der Waals surface area contributed by atoms with Gasteiger partial charge in [-0.15, -0.1) is 0 Å². The van der Waals surface area contributed by atoms with Crippen LogP contribution in [-0.2, 0) is 14.6 Å². The first-order valence-corrected chi connectivity index (χ1v) is 8.58. The van der Waals surface area contributed by atoms with Crippen molar-refractivity contribution in [3.8, 4) is 0 Å². The second-order valence-corrected chi connectivity index (χ2v) is 7.36. The van der Waals surface area contributed by atoms with Gasteiger partial charge < -0.3 is 10.4 Å². The predicted molar refractivity (Wildman–Crippen MR) is 74.0 cm³/mol. The molecule has 0 amide bonds. The van der Waals surface area contributed by atoms with Gasteiger partial charge in [0.25, 0.3) is 0 Å². The summed E-state index contributed by atoms with van der Waals surface area (Å²) in [6.07, 6.45) is 1.39. The summed E-state index contributed by atoms with van der Waals surface area (Å²) in [5.41, 5.74) is 0. The predicted octanol–water partition coefficient (Wildman–Crippen LogP) is -0.0518. The Bertz CT molecular complexity index is 397. The summed E-state index contributed by atoms with van der Waals surface area (Å²) >= 11 is 0. The lowest BCUT2D eigenvalue weighted by atomic mass is 10.1. The Morgan fingerprint density at radius 1 is 1.53 bits per heavy atom. The molecule has 0 spiro atoms. The molecule has 0 radical (unpaired) electrons. The average Bonchev–Trinajstić information content (AvgIpc) is 2.30. The molecule has 0 saturated carbocycles. The SMILES string of the molecule is CCCNC(CCN1CCS(=O)(=O)CC1C)C(=O)O. The number of hydrogen-bond donors (Lipinski definition) is 2. The molecule has 1 aliphatic heterocycles. The minimum absolute atomic E-state index is 0.0284. The van der Waals surface area contributed by atoms with Gasteiger partial charge in [-0.05, 0) is 26.3 Å². The van der Waals surface area contributed by atoms with Crippen molar-refractivity contribution in [2.75, 3.05) is 31.1 Å². The molecule has 0 bridgehead atoms. The normalized spacial score (nSPS) is 25.1. The molecular weight excluding hydrogens is 268 g/mol. The van der Waals surface area contributed by atoms with Crippen molar-refractivity contribution in [3.63, 3.8) is 0 Å². The number of rotatable bonds is 7. The molecule has 6 nitrogen and oxygen atoms in total. The van der Waals surface area contributed by atoms with E-state index in [0.29, 0.717) is 26.1 Å². The highest BCUT2D eigenvalue weighted by molar-refractivity contribution is 7.91. The van der Waals surface area contributed by atoms with Crippen molar-refractivity contribution < 1.29 is 18.3 Å². The Hall–Kier alpha value is -0.660. The smallest absolute Gasteiger partial charge is 0.320 e. The Balaban J connectivity index is 2.44. The van der Waals surface area contributed by atoms with Crippen LogP contribution in [0.15, 0.2) is 0 Å². The molecule has 1 heterocycles. The van der Waals surface area contributed by atoms with E-state index in [-0.39, 0.29) is 17.5 Å². The van der Waals surface area contributed by atoms with Gasteiger partial charge in [0, 0.05) is 19.1 Å². The molecule has 0 aliphatic carbocycles. The second-order valence-electron chi connectivity index (χ2n) is 5.13. The third-order valence-electron chi connectivity index (χ3n) is 3.45. The Morgan fingerprint density at radius 2 is 2.21 bits per heavy atom. The highest BCUT2D eigenvalue weighted by atomic mass is 32.2. The lowest BCUT2D eigenvalue weighted by Gasteiger charge is -2.33. The number of sulfone groups is 1. The zero-order valence-corrected chi connectivity index (χ0v) is 12.4. The maximum absolute atomic E-state index is 11.5. The van der Waals surface area contributed by atoms with Gasteiger partial charge in [-0.25, -0.2) is 8.42 Å². The third kappa shape index (κ3) is 5.46. The summed E-state index contributed by atoms with van der Waals surface area (Å²) in [5.74, 6) is -0.490. The van der Waals surface area contributed by atoms with Crippen LogP contribution >= 0.6 is 0 Å². The first-order valence-electron chi connectivity index (χ1n) is 6.76. The van der Waals surface area contributed by atoms with Crippen LogP contribution in [0.25, 0.3) is 0 Å². The fourth-order valence-electron chi connectivity index (χ4n) is 2.29. The van der Waals surface area contributed by atoms with E-state index in [4.69, 9.17) is 5.11 Å². The van der Waals surface area contributed by atoms with Gasteiger partial charge in [-0.3, -0.25) is 9.69 Å². The Morgan fingerprint density at radius 3 is 2.74 bits per heavy atom. The highest BCUT2D eigenvalue weighted by Crippen LogP contribution is 2.12. The summed E-state index contributed by atoms with van der Waals surface area (Å²) in [4.78, 5) is 13.1. The summed E-state index contributed by atoms with van der Waals surface area (Å²) in [6.45, 7) is 5.67. The van der Waals surface area contributed by atoms with E-state index in [2.05, 4.69) is 10.2 Å². The quantitative estimate of drug-likeness (QED) is 0.684. The molecule has 112 valence electrons. The first-order chi connectivity index (χ1) is 8.85.